The molecule has 3 nitrogen and oxygen atoms in total. The maximum atomic E-state index is 11.2. The SMILES string of the molecule is O=S(=O)(Cl)c1ccc(Br)c2c1OCC2. The first-order chi connectivity index (χ1) is 6.50. The maximum absolute atomic E-state index is 11.2. The lowest BCUT2D eigenvalue weighted by atomic mass is 10.2. The number of rotatable bonds is 1. The molecular weight excluding hydrogens is 292 g/mol. The van der Waals surface area contributed by atoms with Gasteiger partial charge < -0.3 is 4.74 Å². The predicted octanol–water partition coefficient (Wildman–Crippen LogP) is 2.31. The summed E-state index contributed by atoms with van der Waals surface area (Å²) in [5.41, 5.74) is 0.867. The molecule has 6 heteroatoms. The van der Waals surface area contributed by atoms with E-state index >= 15 is 0 Å². The Balaban J connectivity index is 2.72. The summed E-state index contributed by atoms with van der Waals surface area (Å²) < 4.78 is 28.4. The highest BCUT2D eigenvalue weighted by Crippen LogP contribution is 2.38. The second-order valence-corrected chi connectivity index (χ2v) is 6.28. The number of halogens is 2. The van der Waals surface area contributed by atoms with Crippen LogP contribution in [-0.2, 0) is 15.5 Å². The van der Waals surface area contributed by atoms with E-state index in [-0.39, 0.29) is 4.90 Å². The molecule has 76 valence electrons. The second-order valence-electron chi connectivity index (χ2n) is 2.89. The molecule has 14 heavy (non-hydrogen) atoms. The van der Waals surface area contributed by atoms with Crippen molar-refractivity contribution >= 4 is 35.7 Å². The van der Waals surface area contributed by atoms with E-state index in [1.165, 1.54) is 6.07 Å². The molecule has 1 aromatic rings. The molecular formula is C8H6BrClO3S. The van der Waals surface area contributed by atoms with E-state index in [1.807, 2.05) is 0 Å². The third kappa shape index (κ3) is 1.64. The minimum absolute atomic E-state index is 0.0508. The van der Waals surface area contributed by atoms with Gasteiger partial charge in [0.25, 0.3) is 9.05 Å². The summed E-state index contributed by atoms with van der Waals surface area (Å²) >= 11 is 3.33. The Morgan fingerprint density at radius 3 is 2.79 bits per heavy atom. The summed E-state index contributed by atoms with van der Waals surface area (Å²) in [6.45, 7) is 0.497. The van der Waals surface area contributed by atoms with Crippen molar-refractivity contribution < 1.29 is 13.2 Å². The van der Waals surface area contributed by atoms with Crippen molar-refractivity contribution in [3.05, 3.63) is 22.2 Å². The summed E-state index contributed by atoms with van der Waals surface area (Å²) in [6.07, 6.45) is 0.705. The summed E-state index contributed by atoms with van der Waals surface area (Å²) in [7, 11) is 1.55. The van der Waals surface area contributed by atoms with Crippen LogP contribution in [-0.4, -0.2) is 15.0 Å². The fourth-order valence-electron chi connectivity index (χ4n) is 1.42. The zero-order valence-electron chi connectivity index (χ0n) is 6.96. The monoisotopic (exact) mass is 296 g/mol. The topological polar surface area (TPSA) is 43.4 Å². The number of hydrogen-bond donors (Lipinski definition) is 0. The number of ether oxygens (including phenoxy) is 1. The zero-order chi connectivity index (χ0) is 10.3. The van der Waals surface area contributed by atoms with Gasteiger partial charge in [0, 0.05) is 27.1 Å². The lowest BCUT2D eigenvalue weighted by molar-refractivity contribution is 0.349. The minimum Gasteiger partial charge on any atom is -0.491 e. The van der Waals surface area contributed by atoms with E-state index in [0.717, 1.165) is 10.0 Å². The molecule has 0 fully saturated rings. The van der Waals surface area contributed by atoms with Crippen LogP contribution in [0.3, 0.4) is 0 Å². The Hall–Kier alpha value is -0.260. The Morgan fingerprint density at radius 1 is 1.43 bits per heavy atom. The smallest absolute Gasteiger partial charge is 0.264 e. The van der Waals surface area contributed by atoms with Gasteiger partial charge in [-0.25, -0.2) is 8.42 Å². The average molecular weight is 298 g/mol. The molecule has 0 bridgehead atoms. The van der Waals surface area contributed by atoms with E-state index in [9.17, 15) is 8.42 Å². The van der Waals surface area contributed by atoms with E-state index in [1.54, 1.807) is 6.07 Å². The van der Waals surface area contributed by atoms with Crippen LogP contribution in [0.2, 0.25) is 0 Å². The molecule has 0 amide bonds. The van der Waals surface area contributed by atoms with Gasteiger partial charge in [-0.1, -0.05) is 15.9 Å². The third-order valence-electron chi connectivity index (χ3n) is 2.03. The molecule has 1 aliphatic heterocycles. The van der Waals surface area contributed by atoms with Gasteiger partial charge in [0.05, 0.1) is 6.61 Å². The van der Waals surface area contributed by atoms with Crippen LogP contribution in [0.15, 0.2) is 21.5 Å². The van der Waals surface area contributed by atoms with E-state index in [0.29, 0.717) is 18.8 Å². The largest absolute Gasteiger partial charge is 0.491 e. The highest BCUT2D eigenvalue weighted by molar-refractivity contribution is 9.10. The van der Waals surface area contributed by atoms with Crippen LogP contribution in [0.4, 0.5) is 0 Å². The first kappa shape index (κ1) is 10.3. The van der Waals surface area contributed by atoms with Crippen molar-refractivity contribution in [2.45, 2.75) is 11.3 Å². The van der Waals surface area contributed by atoms with Gasteiger partial charge in [-0.3, -0.25) is 0 Å². The molecule has 0 unspecified atom stereocenters. The highest BCUT2D eigenvalue weighted by Gasteiger charge is 2.25. The van der Waals surface area contributed by atoms with Crippen molar-refractivity contribution in [3.63, 3.8) is 0 Å². The highest BCUT2D eigenvalue weighted by atomic mass is 79.9. The first-order valence-corrected chi connectivity index (χ1v) is 6.99. The fourth-order valence-corrected chi connectivity index (χ4v) is 2.93. The second kappa shape index (κ2) is 3.40. The normalized spacial score (nSPS) is 15.0. The van der Waals surface area contributed by atoms with E-state index < -0.39 is 9.05 Å². The lowest BCUT2D eigenvalue weighted by Gasteiger charge is -2.05. The fraction of sp³-hybridized carbons (Fsp3) is 0.250. The quantitative estimate of drug-likeness (QED) is 0.747. The van der Waals surface area contributed by atoms with E-state index in [4.69, 9.17) is 15.4 Å². The molecule has 2 rings (SSSR count). The van der Waals surface area contributed by atoms with Crippen molar-refractivity contribution in [1.82, 2.24) is 0 Å². The van der Waals surface area contributed by atoms with Crippen LogP contribution in [0.1, 0.15) is 5.56 Å². The molecule has 0 radical (unpaired) electrons. The van der Waals surface area contributed by atoms with Crippen LogP contribution < -0.4 is 4.74 Å². The standard InChI is InChI=1S/C8H6BrClO3S/c9-6-1-2-7(14(10,11)12)8-5(6)3-4-13-8/h1-2H,3-4H2. The zero-order valence-corrected chi connectivity index (χ0v) is 10.1. The number of hydrogen-bond acceptors (Lipinski definition) is 3. The Kier molecular flexibility index (Phi) is 2.49. The van der Waals surface area contributed by atoms with E-state index in [2.05, 4.69) is 15.9 Å². The van der Waals surface area contributed by atoms with Crippen molar-refractivity contribution in [1.29, 1.82) is 0 Å². The molecule has 0 aliphatic carbocycles. The Bertz CT molecular complexity index is 484. The van der Waals surface area contributed by atoms with Crippen LogP contribution >= 0.6 is 26.6 Å². The van der Waals surface area contributed by atoms with Gasteiger partial charge in [-0.2, -0.15) is 0 Å². The molecule has 1 aliphatic rings. The molecule has 0 N–H and O–H groups in total. The Morgan fingerprint density at radius 2 is 2.14 bits per heavy atom. The van der Waals surface area contributed by atoms with Crippen molar-refractivity contribution in [2.75, 3.05) is 6.61 Å². The summed E-state index contributed by atoms with van der Waals surface area (Å²) in [4.78, 5) is 0.0508. The maximum Gasteiger partial charge on any atom is 0.264 e. The van der Waals surface area contributed by atoms with Gasteiger partial charge in [0.1, 0.15) is 10.6 Å². The summed E-state index contributed by atoms with van der Waals surface area (Å²) in [6, 6.07) is 3.11. The van der Waals surface area contributed by atoms with Gasteiger partial charge in [0.15, 0.2) is 0 Å². The summed E-state index contributed by atoms with van der Waals surface area (Å²) in [5.74, 6) is 0.384. The average Bonchev–Trinajstić information content (AvgIpc) is 2.50. The molecule has 1 heterocycles. The molecule has 1 aromatic carbocycles. The predicted molar refractivity (Wildman–Crippen MR) is 56.4 cm³/mol. The van der Waals surface area contributed by atoms with Crippen molar-refractivity contribution in [2.24, 2.45) is 0 Å². The Labute approximate surface area is 94.6 Å². The lowest BCUT2D eigenvalue weighted by Crippen LogP contribution is -1.95. The van der Waals surface area contributed by atoms with Crippen LogP contribution in [0.25, 0.3) is 0 Å². The molecule has 0 saturated heterocycles. The van der Waals surface area contributed by atoms with Crippen LogP contribution in [0, 0.1) is 0 Å². The van der Waals surface area contributed by atoms with Crippen LogP contribution in [0.5, 0.6) is 5.75 Å². The van der Waals surface area contributed by atoms with Gasteiger partial charge >= 0.3 is 0 Å². The number of benzene rings is 1. The van der Waals surface area contributed by atoms with Gasteiger partial charge in [-0.15, -0.1) is 0 Å². The molecule has 0 saturated carbocycles. The summed E-state index contributed by atoms with van der Waals surface area (Å²) in [5, 5.41) is 0. The first-order valence-electron chi connectivity index (χ1n) is 3.89. The van der Waals surface area contributed by atoms with Gasteiger partial charge in [-0.05, 0) is 12.1 Å². The van der Waals surface area contributed by atoms with Gasteiger partial charge in [0.2, 0.25) is 0 Å². The minimum atomic E-state index is -3.72. The molecule has 0 aromatic heterocycles. The van der Waals surface area contributed by atoms with Crippen molar-refractivity contribution in [3.8, 4) is 5.75 Å². The third-order valence-corrected chi connectivity index (χ3v) is 4.12. The molecule has 0 atom stereocenters. The number of fused-ring (bicyclic) bond motifs is 1. The molecule has 0 spiro atoms.